The van der Waals surface area contributed by atoms with E-state index in [9.17, 15) is 9.90 Å². The molecule has 2 heterocycles. The van der Waals surface area contributed by atoms with Crippen molar-refractivity contribution in [1.29, 1.82) is 0 Å². The molecule has 160 valence electrons. The lowest BCUT2D eigenvalue weighted by Crippen LogP contribution is -2.24. The Balaban J connectivity index is 1.49. The number of rotatable bonds is 8. The van der Waals surface area contributed by atoms with Crippen LogP contribution in [0.4, 0.5) is 0 Å². The largest absolute Gasteiger partial charge is 0.478 e. The van der Waals surface area contributed by atoms with Gasteiger partial charge in [0.25, 0.3) is 0 Å². The number of likely N-dealkylation sites (tertiary alicyclic amines) is 1. The number of halogens is 1. The average Bonchev–Trinajstić information content (AvgIpc) is 3.24. The molecule has 5 heteroatoms. The predicted octanol–water partition coefficient (Wildman–Crippen LogP) is 5.95. The molecule has 2 aromatic carbocycles. The minimum atomic E-state index is -0.904. The first-order valence-corrected chi connectivity index (χ1v) is 11.2. The average molecular weight is 435 g/mol. The number of aryl methyl sites for hydroxylation is 2. The maximum Gasteiger partial charge on any atom is 0.337 e. The van der Waals surface area contributed by atoms with E-state index in [1.807, 2.05) is 36.4 Å². The number of benzene rings is 2. The Morgan fingerprint density at radius 1 is 1.00 bits per heavy atom. The summed E-state index contributed by atoms with van der Waals surface area (Å²) in [6.45, 7) is 1.85. The van der Waals surface area contributed by atoms with Gasteiger partial charge in [0.05, 0.1) is 23.0 Å². The second-order valence-electron chi connectivity index (χ2n) is 8.13. The fourth-order valence-corrected chi connectivity index (χ4v) is 4.49. The molecule has 0 unspecified atom stereocenters. The first kappa shape index (κ1) is 21.5. The van der Waals surface area contributed by atoms with Crippen molar-refractivity contribution in [2.75, 3.05) is 6.54 Å². The maximum atomic E-state index is 11.8. The Morgan fingerprint density at radius 2 is 1.77 bits per heavy atom. The molecular formula is C26H27ClN2O2. The highest BCUT2D eigenvalue weighted by Crippen LogP contribution is 2.33. The number of aromatic carboxylic acids is 1. The molecule has 0 spiro atoms. The Bertz CT molecular complexity index is 1020. The van der Waals surface area contributed by atoms with Gasteiger partial charge in [-0.15, -0.1) is 0 Å². The molecule has 0 radical (unpaired) electrons. The van der Waals surface area contributed by atoms with Crippen LogP contribution in [0.1, 0.15) is 58.2 Å². The van der Waals surface area contributed by atoms with Gasteiger partial charge in [0, 0.05) is 11.6 Å². The highest BCUT2D eigenvalue weighted by Gasteiger charge is 2.28. The van der Waals surface area contributed by atoms with E-state index in [-0.39, 0.29) is 6.04 Å². The fourth-order valence-electron chi connectivity index (χ4n) is 4.37. The van der Waals surface area contributed by atoms with Crippen molar-refractivity contribution in [3.63, 3.8) is 0 Å². The number of pyridine rings is 1. The van der Waals surface area contributed by atoms with E-state index in [4.69, 9.17) is 16.6 Å². The molecule has 1 fully saturated rings. The van der Waals surface area contributed by atoms with Crippen LogP contribution in [-0.4, -0.2) is 27.5 Å². The van der Waals surface area contributed by atoms with Crippen molar-refractivity contribution in [1.82, 2.24) is 9.88 Å². The van der Waals surface area contributed by atoms with Gasteiger partial charge in [0.1, 0.15) is 0 Å². The summed E-state index contributed by atoms with van der Waals surface area (Å²) in [7, 11) is 0. The van der Waals surface area contributed by atoms with Crippen LogP contribution >= 0.6 is 11.6 Å². The van der Waals surface area contributed by atoms with Crippen LogP contribution in [0.25, 0.3) is 0 Å². The number of carbonyl (C=O) groups is 1. The zero-order chi connectivity index (χ0) is 21.6. The Morgan fingerprint density at radius 3 is 2.52 bits per heavy atom. The molecule has 31 heavy (non-hydrogen) atoms. The fraction of sp³-hybridized carbons (Fsp3) is 0.308. The number of hydrogen-bond acceptors (Lipinski definition) is 3. The zero-order valence-electron chi connectivity index (χ0n) is 17.5. The molecule has 0 bridgehead atoms. The third-order valence-corrected chi connectivity index (χ3v) is 6.20. The van der Waals surface area contributed by atoms with Crippen molar-refractivity contribution in [2.24, 2.45) is 0 Å². The molecule has 1 aromatic heterocycles. The maximum absolute atomic E-state index is 11.8. The summed E-state index contributed by atoms with van der Waals surface area (Å²) < 4.78 is 0. The van der Waals surface area contributed by atoms with Gasteiger partial charge in [-0.3, -0.25) is 9.88 Å². The minimum absolute atomic E-state index is 0.214. The second-order valence-corrected chi connectivity index (χ2v) is 8.57. The van der Waals surface area contributed by atoms with Gasteiger partial charge >= 0.3 is 5.97 Å². The van der Waals surface area contributed by atoms with Crippen molar-refractivity contribution in [3.05, 3.63) is 99.8 Å². The van der Waals surface area contributed by atoms with E-state index < -0.39 is 5.97 Å². The van der Waals surface area contributed by atoms with Gasteiger partial charge in [-0.1, -0.05) is 54.1 Å². The lowest BCUT2D eigenvalue weighted by Gasteiger charge is -2.25. The highest BCUT2D eigenvalue weighted by molar-refractivity contribution is 6.30. The van der Waals surface area contributed by atoms with E-state index in [1.165, 1.54) is 11.1 Å². The van der Waals surface area contributed by atoms with E-state index in [0.29, 0.717) is 17.7 Å². The van der Waals surface area contributed by atoms with Crippen LogP contribution in [0.15, 0.2) is 66.7 Å². The molecule has 4 rings (SSSR count). The number of aromatic nitrogens is 1. The smallest absolute Gasteiger partial charge is 0.337 e. The molecular weight excluding hydrogens is 408 g/mol. The predicted molar refractivity (Wildman–Crippen MR) is 124 cm³/mol. The minimum Gasteiger partial charge on any atom is -0.478 e. The summed E-state index contributed by atoms with van der Waals surface area (Å²) in [6.07, 6.45) is 4.60. The summed E-state index contributed by atoms with van der Waals surface area (Å²) in [5.41, 5.74) is 4.48. The first-order chi connectivity index (χ1) is 15.1. The van der Waals surface area contributed by atoms with Gasteiger partial charge in [0.15, 0.2) is 0 Å². The second kappa shape index (κ2) is 10.1. The van der Waals surface area contributed by atoms with Gasteiger partial charge < -0.3 is 5.11 Å². The number of carboxylic acids is 1. The Labute approximate surface area is 188 Å². The van der Waals surface area contributed by atoms with Crippen LogP contribution < -0.4 is 0 Å². The molecule has 1 atom stereocenters. The molecule has 0 amide bonds. The summed E-state index contributed by atoms with van der Waals surface area (Å²) >= 11 is 6.02. The van der Waals surface area contributed by atoms with E-state index in [0.717, 1.165) is 49.5 Å². The molecule has 3 aromatic rings. The van der Waals surface area contributed by atoms with Gasteiger partial charge in [-0.05, 0) is 74.0 Å². The van der Waals surface area contributed by atoms with E-state index >= 15 is 0 Å². The molecule has 1 saturated heterocycles. The third-order valence-electron chi connectivity index (χ3n) is 5.95. The SMILES string of the molecule is O=C(O)c1ccc([C@@H]2CCCN2Cc2ccc(Cl)cc2)nc1CCCc1ccccc1. The van der Waals surface area contributed by atoms with Gasteiger partial charge in [-0.25, -0.2) is 4.79 Å². The summed E-state index contributed by atoms with van der Waals surface area (Å²) in [5, 5.41) is 10.4. The summed E-state index contributed by atoms with van der Waals surface area (Å²) in [6, 6.07) is 22.1. The lowest BCUT2D eigenvalue weighted by atomic mass is 10.0. The molecule has 0 saturated carbocycles. The van der Waals surface area contributed by atoms with Crippen LogP contribution in [0.5, 0.6) is 0 Å². The monoisotopic (exact) mass is 434 g/mol. The number of nitrogens with zero attached hydrogens (tertiary/aromatic N) is 2. The van der Waals surface area contributed by atoms with Crippen molar-refractivity contribution < 1.29 is 9.90 Å². The Kier molecular flexibility index (Phi) is 7.00. The number of carboxylic acid groups (broad SMARTS) is 1. The Hall–Kier alpha value is -2.69. The van der Waals surface area contributed by atoms with Crippen molar-refractivity contribution in [2.45, 2.75) is 44.7 Å². The van der Waals surface area contributed by atoms with Crippen LogP contribution in [0.3, 0.4) is 0 Å². The van der Waals surface area contributed by atoms with Crippen LogP contribution in [0, 0.1) is 0 Å². The van der Waals surface area contributed by atoms with E-state index in [2.05, 4.69) is 29.2 Å². The topological polar surface area (TPSA) is 53.4 Å². The standard InChI is InChI=1S/C26H27ClN2O2/c27-21-13-11-20(12-14-21)18-29-17-5-10-25(29)24-16-15-22(26(30)31)23(28-24)9-4-8-19-6-2-1-3-7-19/h1-3,6-7,11-16,25H,4-5,8-10,17-18H2,(H,30,31)/t25-/m0/s1. The molecule has 1 N–H and O–H groups in total. The number of hydrogen-bond donors (Lipinski definition) is 1. The summed E-state index contributed by atoms with van der Waals surface area (Å²) in [5.74, 6) is -0.904. The molecule has 1 aliphatic heterocycles. The van der Waals surface area contributed by atoms with Crippen LogP contribution in [-0.2, 0) is 19.4 Å². The first-order valence-electron chi connectivity index (χ1n) is 10.9. The van der Waals surface area contributed by atoms with Crippen molar-refractivity contribution >= 4 is 17.6 Å². The van der Waals surface area contributed by atoms with Gasteiger partial charge in [-0.2, -0.15) is 0 Å². The van der Waals surface area contributed by atoms with Gasteiger partial charge in [0.2, 0.25) is 0 Å². The normalized spacial score (nSPS) is 16.5. The van der Waals surface area contributed by atoms with Crippen molar-refractivity contribution in [3.8, 4) is 0 Å². The molecule has 0 aliphatic carbocycles. The lowest BCUT2D eigenvalue weighted by molar-refractivity contribution is 0.0695. The van der Waals surface area contributed by atoms with Crippen LogP contribution in [0.2, 0.25) is 5.02 Å². The molecule has 4 nitrogen and oxygen atoms in total. The highest BCUT2D eigenvalue weighted by atomic mass is 35.5. The zero-order valence-corrected chi connectivity index (χ0v) is 18.3. The quantitative estimate of drug-likeness (QED) is 0.476. The third kappa shape index (κ3) is 5.52. The summed E-state index contributed by atoms with van der Waals surface area (Å²) in [4.78, 5) is 19.1. The molecule has 1 aliphatic rings. The van der Waals surface area contributed by atoms with E-state index in [1.54, 1.807) is 6.07 Å².